The van der Waals surface area contributed by atoms with E-state index in [1.165, 1.54) is 0 Å². The lowest BCUT2D eigenvalue weighted by Crippen LogP contribution is -2.33. The molecular formula is C8H16O2S. The Hall–Kier alpha value is -0.0500. The van der Waals surface area contributed by atoms with Gasteiger partial charge in [-0.15, -0.1) is 0 Å². The largest absolute Gasteiger partial charge is 0.228 e. The number of rotatable bonds is 0. The van der Waals surface area contributed by atoms with E-state index in [-0.39, 0.29) is 5.25 Å². The van der Waals surface area contributed by atoms with E-state index in [1.807, 2.05) is 20.8 Å². The monoisotopic (exact) mass is 176 g/mol. The molecule has 2 atom stereocenters. The number of hydrogen-bond acceptors (Lipinski definition) is 2. The van der Waals surface area contributed by atoms with Crippen LogP contribution in [0.2, 0.25) is 0 Å². The van der Waals surface area contributed by atoms with Crippen LogP contribution < -0.4 is 0 Å². The maximum Gasteiger partial charge on any atom is 0.158 e. The van der Waals surface area contributed by atoms with Gasteiger partial charge in [-0.25, -0.2) is 8.42 Å². The molecule has 1 heterocycles. The summed E-state index contributed by atoms with van der Waals surface area (Å²) in [5.74, 6) is 0.294. The van der Waals surface area contributed by atoms with Gasteiger partial charge in [-0.05, 0) is 33.1 Å². The highest BCUT2D eigenvalue weighted by molar-refractivity contribution is 7.93. The van der Waals surface area contributed by atoms with Gasteiger partial charge in [0.1, 0.15) is 0 Å². The van der Waals surface area contributed by atoms with Crippen molar-refractivity contribution < 1.29 is 8.42 Å². The topological polar surface area (TPSA) is 34.1 Å². The highest BCUT2D eigenvalue weighted by Crippen LogP contribution is 2.40. The van der Waals surface area contributed by atoms with Gasteiger partial charge >= 0.3 is 0 Å². The van der Waals surface area contributed by atoms with Gasteiger partial charge in [0, 0.05) is 0 Å². The van der Waals surface area contributed by atoms with Gasteiger partial charge < -0.3 is 0 Å². The summed E-state index contributed by atoms with van der Waals surface area (Å²) < 4.78 is 22.7. The van der Waals surface area contributed by atoms with Crippen molar-refractivity contribution in [2.75, 3.05) is 0 Å². The molecule has 3 heteroatoms. The van der Waals surface area contributed by atoms with E-state index >= 15 is 0 Å². The Morgan fingerprint density at radius 3 is 1.82 bits per heavy atom. The molecular weight excluding hydrogens is 160 g/mol. The van der Waals surface area contributed by atoms with Gasteiger partial charge in [0.15, 0.2) is 9.84 Å². The number of hydrogen-bond donors (Lipinski definition) is 0. The lowest BCUT2D eigenvalue weighted by Gasteiger charge is -2.22. The zero-order chi connectivity index (χ0) is 8.86. The standard InChI is InChI=1S/C8H16O2S/c1-6-5-7(2)11(9,10)8(6,3)4/h6-7H,5H2,1-4H3. The van der Waals surface area contributed by atoms with Crippen LogP contribution >= 0.6 is 0 Å². The van der Waals surface area contributed by atoms with Crippen molar-refractivity contribution in [2.24, 2.45) is 5.92 Å². The van der Waals surface area contributed by atoms with Crippen molar-refractivity contribution in [3.05, 3.63) is 0 Å². The Kier molecular flexibility index (Phi) is 1.82. The molecule has 0 aliphatic carbocycles. The minimum Gasteiger partial charge on any atom is -0.228 e. The Bertz CT molecular complexity index is 251. The van der Waals surface area contributed by atoms with Gasteiger partial charge in [0.25, 0.3) is 0 Å². The zero-order valence-corrected chi connectivity index (χ0v) is 8.40. The second-order valence-electron chi connectivity index (χ2n) is 4.10. The second-order valence-corrected chi connectivity index (χ2v) is 7.04. The summed E-state index contributed by atoms with van der Waals surface area (Å²) in [6.45, 7) is 7.48. The third-order valence-electron chi connectivity index (χ3n) is 3.14. The SMILES string of the molecule is CC1CC(C)S(=O)(=O)C1(C)C. The summed E-state index contributed by atoms with van der Waals surface area (Å²) >= 11 is 0. The van der Waals surface area contributed by atoms with Crippen LogP contribution in [0.25, 0.3) is 0 Å². The predicted octanol–water partition coefficient (Wildman–Crippen LogP) is 1.61. The van der Waals surface area contributed by atoms with Gasteiger partial charge in [-0.3, -0.25) is 0 Å². The summed E-state index contributed by atoms with van der Waals surface area (Å²) in [5.41, 5.74) is 0. The first-order chi connectivity index (χ1) is 4.80. The first kappa shape index (κ1) is 9.04. The van der Waals surface area contributed by atoms with Crippen LogP contribution in [-0.4, -0.2) is 18.4 Å². The third kappa shape index (κ3) is 1.01. The van der Waals surface area contributed by atoms with E-state index in [0.717, 1.165) is 6.42 Å². The lowest BCUT2D eigenvalue weighted by atomic mass is 9.93. The molecule has 1 aliphatic rings. The van der Waals surface area contributed by atoms with Gasteiger partial charge in [0.05, 0.1) is 10.00 Å². The molecule has 0 aromatic heterocycles. The normalized spacial score (nSPS) is 40.7. The maximum absolute atomic E-state index is 11.6. The summed E-state index contributed by atoms with van der Waals surface area (Å²) in [6.07, 6.45) is 0.815. The molecule has 0 radical (unpaired) electrons. The minimum absolute atomic E-state index is 0.146. The average Bonchev–Trinajstić information content (AvgIpc) is 1.95. The van der Waals surface area contributed by atoms with Crippen LogP contribution in [0.3, 0.4) is 0 Å². The first-order valence-electron chi connectivity index (χ1n) is 4.03. The van der Waals surface area contributed by atoms with Gasteiger partial charge in [-0.2, -0.15) is 0 Å². The quantitative estimate of drug-likeness (QED) is 0.562. The second kappa shape index (κ2) is 2.22. The van der Waals surface area contributed by atoms with Crippen LogP contribution in [0, 0.1) is 5.92 Å². The smallest absolute Gasteiger partial charge is 0.158 e. The van der Waals surface area contributed by atoms with E-state index in [9.17, 15) is 8.42 Å². The molecule has 0 amide bonds. The summed E-state index contributed by atoms with van der Waals surface area (Å²) in [7, 11) is -2.85. The van der Waals surface area contributed by atoms with Crippen molar-refractivity contribution in [1.82, 2.24) is 0 Å². The third-order valence-corrected chi connectivity index (χ3v) is 6.26. The summed E-state index contributed by atoms with van der Waals surface area (Å²) in [4.78, 5) is 0. The molecule has 11 heavy (non-hydrogen) atoms. The fourth-order valence-corrected chi connectivity index (χ4v) is 3.94. The van der Waals surface area contributed by atoms with Crippen LogP contribution in [0.4, 0.5) is 0 Å². The van der Waals surface area contributed by atoms with E-state index in [1.54, 1.807) is 6.92 Å². The van der Waals surface area contributed by atoms with E-state index in [4.69, 9.17) is 0 Å². The van der Waals surface area contributed by atoms with E-state index in [0.29, 0.717) is 5.92 Å². The molecule has 1 rings (SSSR count). The van der Waals surface area contributed by atoms with Crippen LogP contribution in [-0.2, 0) is 9.84 Å². The number of sulfone groups is 1. The average molecular weight is 176 g/mol. The van der Waals surface area contributed by atoms with Crippen molar-refractivity contribution in [3.8, 4) is 0 Å². The first-order valence-corrected chi connectivity index (χ1v) is 5.58. The molecule has 0 bridgehead atoms. The summed E-state index contributed by atoms with van der Waals surface area (Å²) in [5, 5.41) is -0.146. The molecule has 1 saturated heterocycles. The van der Waals surface area contributed by atoms with Crippen LogP contribution in [0.5, 0.6) is 0 Å². The summed E-state index contributed by atoms with van der Waals surface area (Å²) in [6, 6.07) is 0. The molecule has 2 nitrogen and oxygen atoms in total. The van der Waals surface area contributed by atoms with E-state index < -0.39 is 14.6 Å². The molecule has 0 saturated carbocycles. The molecule has 0 spiro atoms. The molecule has 1 fully saturated rings. The van der Waals surface area contributed by atoms with Crippen molar-refractivity contribution >= 4 is 9.84 Å². The maximum atomic E-state index is 11.6. The van der Waals surface area contributed by atoms with Crippen molar-refractivity contribution in [1.29, 1.82) is 0 Å². The molecule has 0 aromatic carbocycles. The lowest BCUT2D eigenvalue weighted by molar-refractivity contribution is 0.450. The van der Waals surface area contributed by atoms with Gasteiger partial charge in [-0.1, -0.05) is 6.92 Å². The Morgan fingerprint density at radius 1 is 1.27 bits per heavy atom. The molecule has 2 unspecified atom stereocenters. The minimum atomic E-state index is -2.85. The fourth-order valence-electron chi connectivity index (χ4n) is 1.71. The Balaban J connectivity index is 3.16. The molecule has 0 N–H and O–H groups in total. The highest BCUT2D eigenvalue weighted by Gasteiger charge is 2.49. The molecule has 0 aromatic rings. The van der Waals surface area contributed by atoms with Gasteiger partial charge in [0.2, 0.25) is 0 Å². The zero-order valence-electron chi connectivity index (χ0n) is 7.59. The van der Waals surface area contributed by atoms with Crippen molar-refractivity contribution in [2.45, 2.75) is 44.1 Å². The highest BCUT2D eigenvalue weighted by atomic mass is 32.2. The van der Waals surface area contributed by atoms with Crippen LogP contribution in [0.1, 0.15) is 34.1 Å². The molecule has 1 aliphatic heterocycles. The van der Waals surface area contributed by atoms with Crippen molar-refractivity contribution in [3.63, 3.8) is 0 Å². The predicted molar refractivity (Wildman–Crippen MR) is 46.2 cm³/mol. The molecule has 66 valence electrons. The van der Waals surface area contributed by atoms with E-state index in [2.05, 4.69) is 0 Å². The van der Waals surface area contributed by atoms with Crippen LogP contribution in [0.15, 0.2) is 0 Å². The Morgan fingerprint density at radius 2 is 1.73 bits per heavy atom. The Labute approximate surface area is 68.9 Å². The fraction of sp³-hybridized carbons (Fsp3) is 1.00.